The van der Waals surface area contributed by atoms with Gasteiger partial charge in [0, 0.05) is 5.92 Å². The normalized spacial score (nSPS) is 11.9. The summed E-state index contributed by atoms with van der Waals surface area (Å²) in [6.45, 7) is 4.10. The Morgan fingerprint density at radius 1 is 1.26 bits per heavy atom. The minimum atomic E-state index is -0.530. The third-order valence-electron chi connectivity index (χ3n) is 3.22. The molecule has 4 heteroatoms. The molecule has 0 spiro atoms. The molecule has 0 aliphatic heterocycles. The van der Waals surface area contributed by atoms with Crippen LogP contribution in [0.4, 0.5) is 5.69 Å². The summed E-state index contributed by atoms with van der Waals surface area (Å²) in [6.07, 6.45) is 3.77. The van der Waals surface area contributed by atoms with E-state index in [1.165, 1.54) is 0 Å². The maximum absolute atomic E-state index is 12.2. The summed E-state index contributed by atoms with van der Waals surface area (Å²) < 4.78 is 0. The van der Waals surface area contributed by atoms with Gasteiger partial charge in [-0.2, -0.15) is 0 Å². The maximum Gasteiger partial charge on any atom is 0.250 e. The lowest BCUT2D eigenvalue weighted by molar-refractivity contribution is -0.120. The highest BCUT2D eigenvalue weighted by molar-refractivity contribution is 6.03. The number of hydrogen-bond donors (Lipinski definition) is 2. The largest absolute Gasteiger partial charge is 0.366 e. The van der Waals surface area contributed by atoms with E-state index < -0.39 is 5.91 Å². The number of carbonyl (C=O) groups is 2. The van der Waals surface area contributed by atoms with Crippen LogP contribution in [0.5, 0.6) is 0 Å². The van der Waals surface area contributed by atoms with Gasteiger partial charge in [0.1, 0.15) is 0 Å². The standard InChI is InChI=1S/C15H22N2O2/c1-3-5-8-11(4-2)15(19)17-13-10-7-6-9-12(13)14(16)18/h6-7,9-11H,3-5,8H2,1-2H3,(H2,16,18)(H,17,19). The van der Waals surface area contributed by atoms with Gasteiger partial charge in [0.15, 0.2) is 0 Å². The summed E-state index contributed by atoms with van der Waals surface area (Å²) in [5.74, 6) is -0.581. The molecule has 4 nitrogen and oxygen atoms in total. The number of para-hydroxylation sites is 1. The quantitative estimate of drug-likeness (QED) is 0.793. The molecule has 0 aliphatic rings. The summed E-state index contributed by atoms with van der Waals surface area (Å²) in [7, 11) is 0. The van der Waals surface area contributed by atoms with E-state index in [4.69, 9.17) is 5.73 Å². The van der Waals surface area contributed by atoms with Crippen LogP contribution in [-0.4, -0.2) is 11.8 Å². The van der Waals surface area contributed by atoms with Crippen LogP contribution in [0, 0.1) is 5.92 Å². The summed E-state index contributed by atoms with van der Waals surface area (Å²) in [5, 5.41) is 2.81. The van der Waals surface area contributed by atoms with Crippen molar-refractivity contribution in [1.29, 1.82) is 0 Å². The Bertz CT molecular complexity index is 444. The molecule has 0 radical (unpaired) electrons. The molecule has 2 amide bonds. The molecule has 0 heterocycles. The van der Waals surface area contributed by atoms with Crippen LogP contribution in [0.3, 0.4) is 0 Å². The zero-order valence-electron chi connectivity index (χ0n) is 11.6. The zero-order valence-corrected chi connectivity index (χ0v) is 11.6. The average Bonchev–Trinajstić information content (AvgIpc) is 2.40. The van der Waals surface area contributed by atoms with Gasteiger partial charge in [-0.15, -0.1) is 0 Å². The van der Waals surface area contributed by atoms with Crippen LogP contribution in [0.15, 0.2) is 24.3 Å². The van der Waals surface area contributed by atoms with Crippen LogP contribution in [0.2, 0.25) is 0 Å². The topological polar surface area (TPSA) is 72.2 Å². The first-order chi connectivity index (χ1) is 9.10. The molecule has 3 N–H and O–H groups in total. The number of rotatable bonds is 7. The fraction of sp³-hybridized carbons (Fsp3) is 0.467. The highest BCUT2D eigenvalue weighted by atomic mass is 16.2. The van der Waals surface area contributed by atoms with Gasteiger partial charge < -0.3 is 11.1 Å². The number of anilines is 1. The average molecular weight is 262 g/mol. The molecule has 1 rings (SSSR count). The number of amides is 2. The molecule has 1 unspecified atom stereocenters. The highest BCUT2D eigenvalue weighted by Gasteiger charge is 2.17. The van der Waals surface area contributed by atoms with Gasteiger partial charge in [0.05, 0.1) is 11.3 Å². The number of hydrogen-bond acceptors (Lipinski definition) is 2. The van der Waals surface area contributed by atoms with Crippen molar-refractivity contribution in [2.24, 2.45) is 11.7 Å². The smallest absolute Gasteiger partial charge is 0.250 e. The Morgan fingerprint density at radius 3 is 2.53 bits per heavy atom. The number of nitrogens with one attached hydrogen (secondary N) is 1. The van der Waals surface area contributed by atoms with Crippen molar-refractivity contribution in [1.82, 2.24) is 0 Å². The van der Waals surface area contributed by atoms with Crippen LogP contribution in [0.1, 0.15) is 49.9 Å². The summed E-state index contributed by atoms with van der Waals surface area (Å²) >= 11 is 0. The molecule has 1 aromatic rings. The predicted molar refractivity (Wildman–Crippen MR) is 76.9 cm³/mol. The second-order valence-corrected chi connectivity index (χ2v) is 4.65. The first-order valence-electron chi connectivity index (χ1n) is 6.79. The Labute approximate surface area is 114 Å². The Hall–Kier alpha value is -1.84. The van der Waals surface area contributed by atoms with E-state index in [0.717, 1.165) is 25.7 Å². The van der Waals surface area contributed by atoms with E-state index in [1.807, 2.05) is 6.92 Å². The molecule has 1 aromatic carbocycles. The van der Waals surface area contributed by atoms with E-state index in [0.29, 0.717) is 11.3 Å². The second-order valence-electron chi connectivity index (χ2n) is 4.65. The number of unbranched alkanes of at least 4 members (excludes halogenated alkanes) is 1. The summed E-state index contributed by atoms with van der Waals surface area (Å²) in [5.41, 5.74) is 6.13. The van der Waals surface area contributed by atoms with Crippen molar-refractivity contribution < 1.29 is 9.59 Å². The highest BCUT2D eigenvalue weighted by Crippen LogP contribution is 2.19. The number of primary amides is 1. The van der Waals surface area contributed by atoms with E-state index in [9.17, 15) is 9.59 Å². The SMILES string of the molecule is CCCCC(CC)C(=O)Nc1ccccc1C(N)=O. The van der Waals surface area contributed by atoms with Crippen molar-refractivity contribution >= 4 is 17.5 Å². The Morgan fingerprint density at radius 2 is 1.95 bits per heavy atom. The molecule has 0 saturated heterocycles. The first kappa shape index (κ1) is 15.2. The maximum atomic E-state index is 12.2. The molecule has 0 bridgehead atoms. The summed E-state index contributed by atoms with van der Waals surface area (Å²) in [6, 6.07) is 6.81. The molecule has 0 saturated carbocycles. The number of carbonyl (C=O) groups excluding carboxylic acids is 2. The van der Waals surface area contributed by atoms with Gasteiger partial charge in [-0.3, -0.25) is 9.59 Å². The van der Waals surface area contributed by atoms with Crippen LogP contribution in [0.25, 0.3) is 0 Å². The monoisotopic (exact) mass is 262 g/mol. The Kier molecular flexibility index (Phi) is 6.06. The first-order valence-corrected chi connectivity index (χ1v) is 6.79. The fourth-order valence-electron chi connectivity index (χ4n) is 2.01. The minimum absolute atomic E-state index is 0.0131. The second kappa shape index (κ2) is 7.56. The van der Waals surface area contributed by atoms with Gasteiger partial charge in [-0.1, -0.05) is 38.8 Å². The zero-order chi connectivity index (χ0) is 14.3. The van der Waals surface area contributed by atoms with E-state index >= 15 is 0 Å². The molecule has 1 atom stereocenters. The van der Waals surface area contributed by atoms with E-state index in [1.54, 1.807) is 24.3 Å². The lowest BCUT2D eigenvalue weighted by Crippen LogP contribution is -2.24. The lowest BCUT2D eigenvalue weighted by atomic mass is 9.98. The van der Waals surface area contributed by atoms with Gasteiger partial charge in [-0.25, -0.2) is 0 Å². The van der Waals surface area contributed by atoms with Crippen molar-refractivity contribution in [2.45, 2.75) is 39.5 Å². The van der Waals surface area contributed by atoms with Crippen molar-refractivity contribution in [2.75, 3.05) is 5.32 Å². The number of benzene rings is 1. The molecular weight excluding hydrogens is 240 g/mol. The summed E-state index contributed by atoms with van der Waals surface area (Å²) in [4.78, 5) is 23.4. The van der Waals surface area contributed by atoms with Gasteiger partial charge >= 0.3 is 0 Å². The Balaban J connectivity index is 2.78. The van der Waals surface area contributed by atoms with Crippen LogP contribution in [-0.2, 0) is 4.79 Å². The molecule has 19 heavy (non-hydrogen) atoms. The molecule has 0 fully saturated rings. The third-order valence-corrected chi connectivity index (χ3v) is 3.22. The van der Waals surface area contributed by atoms with E-state index in [-0.39, 0.29) is 11.8 Å². The molecule has 0 aromatic heterocycles. The van der Waals surface area contributed by atoms with Crippen molar-refractivity contribution in [3.05, 3.63) is 29.8 Å². The predicted octanol–water partition coefficient (Wildman–Crippen LogP) is 2.94. The third kappa shape index (κ3) is 4.39. The van der Waals surface area contributed by atoms with Crippen LogP contribution >= 0.6 is 0 Å². The molecule has 0 aliphatic carbocycles. The van der Waals surface area contributed by atoms with Crippen LogP contribution < -0.4 is 11.1 Å². The minimum Gasteiger partial charge on any atom is -0.366 e. The number of nitrogens with two attached hydrogens (primary N) is 1. The van der Waals surface area contributed by atoms with Gasteiger partial charge in [0.2, 0.25) is 5.91 Å². The molecular formula is C15H22N2O2. The van der Waals surface area contributed by atoms with Crippen molar-refractivity contribution in [3.63, 3.8) is 0 Å². The van der Waals surface area contributed by atoms with Gasteiger partial charge in [-0.05, 0) is 25.0 Å². The lowest BCUT2D eigenvalue weighted by Gasteiger charge is -2.15. The van der Waals surface area contributed by atoms with Gasteiger partial charge in [0.25, 0.3) is 5.91 Å². The van der Waals surface area contributed by atoms with E-state index in [2.05, 4.69) is 12.2 Å². The van der Waals surface area contributed by atoms with Crippen molar-refractivity contribution in [3.8, 4) is 0 Å². The fourth-order valence-corrected chi connectivity index (χ4v) is 2.01. The molecule has 104 valence electrons.